The summed E-state index contributed by atoms with van der Waals surface area (Å²) in [6.45, 7) is 3.42. The molecule has 2 N–H and O–H groups in total. The van der Waals surface area contributed by atoms with Gasteiger partial charge in [-0.25, -0.2) is 0 Å². The standard InChI is InChI=1S/C20H19BrN2S.C14H15ClN2/c21-19-8-4-5-9-20(19)24-11-10-22-13-16-12-18(15-23-14-16)17-6-2-1-3-7-17;15-6-7-16-9-12-8-14(11-17-10-12)13-4-2-1-3-5-13/h1-9,12,14-15,22H,10-11,13H2;1-5,8,10-11,16H,6-7,9H2. The first kappa shape index (κ1) is 30.9. The van der Waals surface area contributed by atoms with Crippen LogP contribution in [0.4, 0.5) is 0 Å². The number of nitrogens with one attached hydrogen (secondary N) is 2. The zero-order chi connectivity index (χ0) is 28.5. The third-order valence-electron chi connectivity index (χ3n) is 6.11. The van der Waals surface area contributed by atoms with Crippen molar-refractivity contribution >= 4 is 39.3 Å². The number of alkyl halides is 1. The van der Waals surface area contributed by atoms with E-state index in [4.69, 9.17) is 11.6 Å². The summed E-state index contributed by atoms with van der Waals surface area (Å²) in [6, 6.07) is 33.3. The highest BCUT2D eigenvalue weighted by Gasteiger charge is 2.02. The van der Waals surface area contributed by atoms with Crippen LogP contribution in [0.15, 0.2) is 131 Å². The largest absolute Gasteiger partial charge is 0.312 e. The van der Waals surface area contributed by atoms with Gasteiger partial charge in [0.05, 0.1) is 0 Å². The first-order chi connectivity index (χ1) is 20.2. The summed E-state index contributed by atoms with van der Waals surface area (Å²) in [4.78, 5) is 9.92. The van der Waals surface area contributed by atoms with Gasteiger partial charge in [-0.1, -0.05) is 72.8 Å². The molecule has 5 aromatic rings. The van der Waals surface area contributed by atoms with Crippen molar-refractivity contribution in [2.45, 2.75) is 18.0 Å². The summed E-state index contributed by atoms with van der Waals surface area (Å²) in [6.07, 6.45) is 7.62. The van der Waals surface area contributed by atoms with E-state index in [1.807, 2.05) is 66.9 Å². The topological polar surface area (TPSA) is 49.8 Å². The van der Waals surface area contributed by atoms with E-state index in [0.717, 1.165) is 47.5 Å². The number of pyridine rings is 2. The van der Waals surface area contributed by atoms with E-state index < -0.39 is 0 Å². The highest BCUT2D eigenvalue weighted by atomic mass is 79.9. The van der Waals surface area contributed by atoms with Crippen molar-refractivity contribution in [1.82, 2.24) is 20.6 Å². The van der Waals surface area contributed by atoms with Gasteiger partial charge in [0, 0.05) is 83.1 Å². The van der Waals surface area contributed by atoms with Crippen molar-refractivity contribution in [3.05, 3.63) is 137 Å². The summed E-state index contributed by atoms with van der Waals surface area (Å²) in [5, 5.41) is 6.75. The molecule has 0 fully saturated rings. The van der Waals surface area contributed by atoms with E-state index in [2.05, 4.69) is 103 Å². The van der Waals surface area contributed by atoms with Crippen LogP contribution in [0.3, 0.4) is 0 Å². The second kappa shape index (κ2) is 17.7. The molecule has 2 heterocycles. The molecule has 2 aromatic heterocycles. The summed E-state index contributed by atoms with van der Waals surface area (Å²) in [5.74, 6) is 1.67. The summed E-state index contributed by atoms with van der Waals surface area (Å²) in [5.41, 5.74) is 7.10. The molecule has 0 amide bonds. The monoisotopic (exact) mass is 644 g/mol. The SMILES string of the molecule is Brc1ccccc1SCCNCc1cncc(-c2ccccc2)c1.ClCCNCc1cncc(-c2ccccc2)c1. The average Bonchev–Trinajstić information content (AvgIpc) is 3.03. The molecule has 0 saturated heterocycles. The molecule has 0 aliphatic heterocycles. The van der Waals surface area contributed by atoms with E-state index in [0.29, 0.717) is 5.88 Å². The van der Waals surface area contributed by atoms with Gasteiger partial charge in [-0.15, -0.1) is 23.4 Å². The molecule has 5 rings (SSSR count). The van der Waals surface area contributed by atoms with Crippen LogP contribution in [0.2, 0.25) is 0 Å². The zero-order valence-electron chi connectivity index (χ0n) is 22.8. The van der Waals surface area contributed by atoms with Gasteiger partial charge in [0.2, 0.25) is 0 Å². The third kappa shape index (κ3) is 10.7. The number of thioether (sulfide) groups is 1. The summed E-state index contributed by atoms with van der Waals surface area (Å²) < 4.78 is 1.16. The van der Waals surface area contributed by atoms with Crippen LogP contribution in [0, 0.1) is 0 Å². The molecule has 41 heavy (non-hydrogen) atoms. The molecular formula is C34H34BrClN4S. The molecule has 0 unspecified atom stereocenters. The molecule has 0 radical (unpaired) electrons. The molecule has 0 aliphatic carbocycles. The maximum absolute atomic E-state index is 5.62. The lowest BCUT2D eigenvalue weighted by Crippen LogP contribution is -2.16. The van der Waals surface area contributed by atoms with E-state index in [1.165, 1.54) is 27.1 Å². The van der Waals surface area contributed by atoms with Crippen molar-refractivity contribution in [2.75, 3.05) is 24.7 Å². The van der Waals surface area contributed by atoms with E-state index in [-0.39, 0.29) is 0 Å². The minimum absolute atomic E-state index is 0.631. The second-order valence-electron chi connectivity index (χ2n) is 9.22. The molecule has 3 aromatic carbocycles. The van der Waals surface area contributed by atoms with Crippen LogP contribution >= 0.6 is 39.3 Å². The number of rotatable bonds is 12. The predicted molar refractivity (Wildman–Crippen MR) is 178 cm³/mol. The van der Waals surface area contributed by atoms with E-state index in [9.17, 15) is 0 Å². The Bertz CT molecular complexity index is 1450. The van der Waals surface area contributed by atoms with E-state index in [1.54, 1.807) is 0 Å². The van der Waals surface area contributed by atoms with Crippen molar-refractivity contribution in [1.29, 1.82) is 0 Å². The Kier molecular flexibility index (Phi) is 13.4. The fraction of sp³-hybridized carbons (Fsp3) is 0.176. The number of hydrogen-bond donors (Lipinski definition) is 2. The zero-order valence-corrected chi connectivity index (χ0v) is 26.0. The number of benzene rings is 3. The number of aromatic nitrogens is 2. The van der Waals surface area contributed by atoms with Gasteiger partial charge in [-0.3, -0.25) is 9.97 Å². The molecule has 210 valence electrons. The lowest BCUT2D eigenvalue weighted by Gasteiger charge is -2.07. The fourth-order valence-electron chi connectivity index (χ4n) is 4.07. The van der Waals surface area contributed by atoms with Gasteiger partial charge in [0.1, 0.15) is 0 Å². The third-order valence-corrected chi connectivity index (χ3v) is 8.32. The Hall–Kier alpha value is -3.00. The molecule has 0 spiro atoms. The molecule has 0 saturated carbocycles. The molecule has 0 aliphatic rings. The van der Waals surface area contributed by atoms with Gasteiger partial charge in [0.15, 0.2) is 0 Å². The van der Waals surface area contributed by atoms with E-state index >= 15 is 0 Å². The Morgan fingerprint density at radius 1 is 0.610 bits per heavy atom. The minimum atomic E-state index is 0.631. The quantitative estimate of drug-likeness (QED) is 0.0810. The Morgan fingerprint density at radius 3 is 1.66 bits per heavy atom. The molecule has 4 nitrogen and oxygen atoms in total. The minimum Gasteiger partial charge on any atom is -0.312 e. The Morgan fingerprint density at radius 2 is 1.12 bits per heavy atom. The van der Waals surface area contributed by atoms with Gasteiger partial charge in [-0.2, -0.15) is 0 Å². The molecule has 0 atom stereocenters. The van der Waals surface area contributed by atoms with Crippen LogP contribution in [0.25, 0.3) is 22.3 Å². The average molecular weight is 646 g/mol. The molecule has 7 heteroatoms. The van der Waals surface area contributed by atoms with Crippen molar-refractivity contribution < 1.29 is 0 Å². The lowest BCUT2D eigenvalue weighted by atomic mass is 10.1. The summed E-state index contributed by atoms with van der Waals surface area (Å²) >= 11 is 11.1. The van der Waals surface area contributed by atoms with Crippen LogP contribution < -0.4 is 10.6 Å². The van der Waals surface area contributed by atoms with Gasteiger partial charge in [0.25, 0.3) is 0 Å². The highest BCUT2D eigenvalue weighted by Crippen LogP contribution is 2.26. The van der Waals surface area contributed by atoms with Crippen molar-refractivity contribution in [3.63, 3.8) is 0 Å². The van der Waals surface area contributed by atoms with Gasteiger partial charge in [-0.05, 0) is 62.4 Å². The predicted octanol–water partition coefficient (Wildman–Crippen LogP) is 8.47. The van der Waals surface area contributed by atoms with Crippen LogP contribution in [0.5, 0.6) is 0 Å². The van der Waals surface area contributed by atoms with Crippen molar-refractivity contribution in [3.8, 4) is 22.3 Å². The fourth-order valence-corrected chi connectivity index (χ4v) is 5.68. The maximum Gasteiger partial charge on any atom is 0.0348 e. The van der Waals surface area contributed by atoms with Gasteiger partial charge >= 0.3 is 0 Å². The van der Waals surface area contributed by atoms with Gasteiger partial charge < -0.3 is 10.6 Å². The second-order valence-corrected chi connectivity index (χ2v) is 11.6. The molecule has 0 bridgehead atoms. The molecular weight excluding hydrogens is 612 g/mol. The summed E-state index contributed by atoms with van der Waals surface area (Å²) in [7, 11) is 0. The van der Waals surface area contributed by atoms with Crippen LogP contribution in [-0.2, 0) is 13.1 Å². The normalized spacial score (nSPS) is 10.6. The Balaban J connectivity index is 0.000000201. The first-order valence-corrected chi connectivity index (χ1v) is 15.9. The first-order valence-electron chi connectivity index (χ1n) is 13.6. The smallest absolute Gasteiger partial charge is 0.0348 e. The highest BCUT2D eigenvalue weighted by molar-refractivity contribution is 9.10. The van der Waals surface area contributed by atoms with Crippen LogP contribution in [0.1, 0.15) is 11.1 Å². The number of nitrogens with zero attached hydrogens (tertiary/aromatic N) is 2. The number of halogens is 2. The lowest BCUT2D eigenvalue weighted by molar-refractivity contribution is 0.728. The maximum atomic E-state index is 5.62. The van der Waals surface area contributed by atoms with Crippen molar-refractivity contribution in [2.24, 2.45) is 0 Å². The van der Waals surface area contributed by atoms with Crippen LogP contribution in [-0.4, -0.2) is 34.7 Å². The number of hydrogen-bond acceptors (Lipinski definition) is 5. The Labute approximate surface area is 261 Å².